The van der Waals surface area contributed by atoms with Gasteiger partial charge in [0.25, 0.3) is 0 Å². The van der Waals surface area contributed by atoms with Gasteiger partial charge in [0.2, 0.25) is 0 Å². The van der Waals surface area contributed by atoms with Crippen LogP contribution in [0, 0.1) is 5.92 Å². The molecule has 4 rings (SSSR count). The van der Waals surface area contributed by atoms with Gasteiger partial charge in [-0.2, -0.15) is 0 Å². The van der Waals surface area contributed by atoms with Crippen LogP contribution in [0.1, 0.15) is 20.3 Å². The number of anilines is 1. The highest BCUT2D eigenvalue weighted by Gasteiger charge is 2.28. The molecule has 4 nitrogen and oxygen atoms in total. The maximum Gasteiger partial charge on any atom is 0.134 e. The van der Waals surface area contributed by atoms with Gasteiger partial charge in [-0.25, -0.2) is 0 Å². The third-order valence-corrected chi connectivity index (χ3v) is 6.72. The Morgan fingerprint density at radius 3 is 2.74 bits per heavy atom. The predicted molar refractivity (Wildman–Crippen MR) is 112 cm³/mol. The zero-order valence-corrected chi connectivity index (χ0v) is 16.5. The van der Waals surface area contributed by atoms with Crippen molar-refractivity contribution < 1.29 is 9.00 Å². The second-order valence-electron chi connectivity index (χ2n) is 7.13. The van der Waals surface area contributed by atoms with Gasteiger partial charge >= 0.3 is 0 Å². The van der Waals surface area contributed by atoms with Gasteiger partial charge in [0, 0.05) is 57.5 Å². The molecular weight excluding hydrogens is 356 g/mol. The molecule has 5 heteroatoms. The first kappa shape index (κ1) is 18.0. The number of nitrogens with zero attached hydrogens (tertiary/aromatic N) is 1. The summed E-state index contributed by atoms with van der Waals surface area (Å²) < 4.78 is 12.4. The van der Waals surface area contributed by atoms with Crippen molar-refractivity contribution in [2.24, 2.45) is 5.92 Å². The zero-order valence-electron chi connectivity index (χ0n) is 15.7. The minimum absolute atomic E-state index is 0.102. The molecule has 1 aromatic heterocycles. The first-order valence-corrected chi connectivity index (χ1v) is 10.7. The molecule has 2 atom stereocenters. The number of hydrogen-bond acceptors (Lipinski definition) is 3. The van der Waals surface area contributed by atoms with Crippen molar-refractivity contribution in [1.82, 2.24) is 4.98 Å². The molecule has 1 aliphatic rings. The Hall–Kier alpha value is -2.40. The van der Waals surface area contributed by atoms with Gasteiger partial charge in [0.15, 0.2) is 0 Å². The number of Topliss-reactive ketones (excluding diaryl/α,β-unsaturated/α-hetero) is 1. The van der Waals surface area contributed by atoms with Crippen LogP contribution in [0.2, 0.25) is 0 Å². The summed E-state index contributed by atoms with van der Waals surface area (Å²) in [5.74, 6) is 0.958. The summed E-state index contributed by atoms with van der Waals surface area (Å²) in [6.45, 7) is 5.23. The summed E-state index contributed by atoms with van der Waals surface area (Å²) in [4.78, 5) is 18.4. The molecule has 0 saturated carbocycles. The second-order valence-corrected chi connectivity index (χ2v) is 8.87. The number of H-pyrrole nitrogens is 1. The van der Waals surface area contributed by atoms with Crippen LogP contribution < -0.4 is 4.90 Å². The fourth-order valence-electron chi connectivity index (χ4n) is 3.84. The van der Waals surface area contributed by atoms with E-state index in [2.05, 4.69) is 34.1 Å². The second kappa shape index (κ2) is 7.31. The van der Waals surface area contributed by atoms with E-state index in [1.807, 2.05) is 31.2 Å². The highest BCUT2D eigenvalue weighted by Crippen LogP contribution is 2.36. The normalized spacial score (nSPS) is 18.1. The molecule has 0 aliphatic carbocycles. The number of hydrogen-bond donors (Lipinski definition) is 1. The highest BCUT2D eigenvalue weighted by atomic mass is 32.2. The Morgan fingerprint density at radius 1 is 1.22 bits per heavy atom. The lowest BCUT2D eigenvalue weighted by Crippen LogP contribution is -2.22. The molecule has 27 heavy (non-hydrogen) atoms. The third kappa shape index (κ3) is 3.44. The van der Waals surface area contributed by atoms with Crippen LogP contribution in [0.15, 0.2) is 53.4 Å². The van der Waals surface area contributed by atoms with Crippen molar-refractivity contribution in [2.45, 2.75) is 25.2 Å². The van der Waals surface area contributed by atoms with Crippen molar-refractivity contribution in [1.29, 1.82) is 0 Å². The van der Waals surface area contributed by atoms with Crippen LogP contribution in [0.4, 0.5) is 5.69 Å². The summed E-state index contributed by atoms with van der Waals surface area (Å²) in [6.07, 6.45) is 0.893. The quantitative estimate of drug-likeness (QED) is 0.715. The summed E-state index contributed by atoms with van der Waals surface area (Å²) >= 11 is 0. The number of carbonyl (C=O) groups is 1. The Kier molecular flexibility index (Phi) is 4.87. The standard InChI is InChI=1S/C22H24N2O2S/c1-3-27(26)18-8-9-22(24-11-10-17(14-24)15(2)25)19(13-18)21-12-16-6-4-5-7-20(16)23-21/h4-9,12-13,17,23H,3,10-11,14H2,1-2H3/t17?,27-/m1/s1. The molecule has 1 saturated heterocycles. The van der Waals surface area contributed by atoms with Gasteiger partial charge in [-0.15, -0.1) is 0 Å². The molecule has 2 heterocycles. The van der Waals surface area contributed by atoms with E-state index in [1.54, 1.807) is 6.92 Å². The molecular formula is C22H24N2O2S. The minimum Gasteiger partial charge on any atom is -0.370 e. The Morgan fingerprint density at radius 2 is 2.04 bits per heavy atom. The SMILES string of the molecule is CC[S@@](=O)c1ccc(N2CCC(C(C)=O)C2)c(-c2cc3ccccc3[nH]2)c1. The molecule has 140 valence electrons. The lowest BCUT2D eigenvalue weighted by molar-refractivity contribution is -0.120. The molecule has 2 aromatic carbocycles. The largest absolute Gasteiger partial charge is 0.370 e. The van der Waals surface area contributed by atoms with Crippen LogP contribution in [0.5, 0.6) is 0 Å². The number of benzene rings is 2. The summed E-state index contributed by atoms with van der Waals surface area (Å²) in [7, 11) is -1.00. The van der Waals surface area contributed by atoms with Crippen molar-refractivity contribution in [3.8, 4) is 11.3 Å². The van der Waals surface area contributed by atoms with Crippen molar-refractivity contribution in [3.63, 3.8) is 0 Å². The van der Waals surface area contributed by atoms with Gasteiger partial charge in [0.05, 0.1) is 10.8 Å². The summed E-state index contributed by atoms with van der Waals surface area (Å²) in [6, 6.07) is 16.4. The number of rotatable bonds is 5. The number of carbonyl (C=O) groups excluding carboxylic acids is 1. The highest BCUT2D eigenvalue weighted by molar-refractivity contribution is 7.85. The van der Waals surface area contributed by atoms with Crippen molar-refractivity contribution >= 4 is 33.2 Å². The van der Waals surface area contributed by atoms with E-state index in [9.17, 15) is 9.00 Å². The van der Waals surface area contributed by atoms with Crippen LogP contribution in [0.25, 0.3) is 22.2 Å². The maximum atomic E-state index is 12.4. The first-order valence-electron chi connectivity index (χ1n) is 9.42. The monoisotopic (exact) mass is 380 g/mol. The predicted octanol–water partition coefficient (Wildman–Crippen LogP) is 4.38. The average Bonchev–Trinajstić information content (AvgIpc) is 3.34. The number of nitrogens with one attached hydrogen (secondary N) is 1. The van der Waals surface area contributed by atoms with E-state index in [0.29, 0.717) is 5.75 Å². The van der Waals surface area contributed by atoms with Crippen LogP contribution in [-0.2, 0) is 15.6 Å². The van der Waals surface area contributed by atoms with E-state index < -0.39 is 10.8 Å². The lowest BCUT2D eigenvalue weighted by atomic mass is 10.1. The zero-order chi connectivity index (χ0) is 19.0. The molecule has 1 unspecified atom stereocenters. The van der Waals surface area contributed by atoms with Gasteiger partial charge in [0.1, 0.15) is 5.78 Å². The van der Waals surface area contributed by atoms with E-state index in [4.69, 9.17) is 0 Å². The van der Waals surface area contributed by atoms with Gasteiger partial charge in [-0.3, -0.25) is 9.00 Å². The van der Waals surface area contributed by atoms with E-state index in [1.165, 1.54) is 0 Å². The van der Waals surface area contributed by atoms with E-state index >= 15 is 0 Å². The Labute approximate surface area is 162 Å². The minimum atomic E-state index is -1.00. The smallest absolute Gasteiger partial charge is 0.134 e. The number of para-hydroxylation sites is 1. The first-order chi connectivity index (χ1) is 13.1. The number of fused-ring (bicyclic) bond motifs is 1. The number of aromatic nitrogens is 1. The van der Waals surface area contributed by atoms with Crippen molar-refractivity contribution in [2.75, 3.05) is 23.7 Å². The molecule has 1 N–H and O–H groups in total. The maximum absolute atomic E-state index is 12.4. The van der Waals surface area contributed by atoms with E-state index in [0.717, 1.165) is 52.3 Å². The fourth-order valence-corrected chi connectivity index (χ4v) is 4.65. The van der Waals surface area contributed by atoms with Crippen LogP contribution >= 0.6 is 0 Å². The molecule has 0 spiro atoms. The molecule has 0 bridgehead atoms. The lowest BCUT2D eigenvalue weighted by Gasteiger charge is -2.22. The average molecular weight is 381 g/mol. The number of ketones is 1. The molecule has 0 amide bonds. The molecule has 3 aromatic rings. The van der Waals surface area contributed by atoms with E-state index in [-0.39, 0.29) is 11.7 Å². The number of aromatic amines is 1. The third-order valence-electron chi connectivity index (χ3n) is 5.42. The van der Waals surface area contributed by atoms with Gasteiger partial charge < -0.3 is 9.88 Å². The van der Waals surface area contributed by atoms with Crippen LogP contribution in [-0.4, -0.2) is 33.8 Å². The molecule has 1 fully saturated rings. The fraction of sp³-hybridized carbons (Fsp3) is 0.318. The van der Waals surface area contributed by atoms with Crippen LogP contribution in [0.3, 0.4) is 0 Å². The summed E-state index contributed by atoms with van der Waals surface area (Å²) in [5, 5.41) is 1.16. The topological polar surface area (TPSA) is 53.2 Å². The molecule has 0 radical (unpaired) electrons. The van der Waals surface area contributed by atoms with Crippen molar-refractivity contribution in [3.05, 3.63) is 48.5 Å². The molecule has 1 aliphatic heterocycles. The Bertz CT molecular complexity index is 991. The summed E-state index contributed by atoms with van der Waals surface area (Å²) in [5.41, 5.74) is 4.26. The van der Waals surface area contributed by atoms with Gasteiger partial charge in [-0.05, 0) is 43.7 Å². The Balaban J connectivity index is 1.81. The van der Waals surface area contributed by atoms with Gasteiger partial charge in [-0.1, -0.05) is 25.1 Å².